The van der Waals surface area contributed by atoms with E-state index in [0.717, 1.165) is 0 Å². The maximum absolute atomic E-state index is 13.0. The van der Waals surface area contributed by atoms with Crippen molar-refractivity contribution in [2.45, 2.75) is 18.8 Å². The Balaban J connectivity index is 1.96. The molecule has 1 saturated heterocycles. The summed E-state index contributed by atoms with van der Waals surface area (Å²) in [5.41, 5.74) is 0.609. The van der Waals surface area contributed by atoms with E-state index in [1.54, 1.807) is 24.3 Å². The minimum absolute atomic E-state index is 0.0859. The predicted octanol–water partition coefficient (Wildman–Crippen LogP) is 2.63. The Kier molecular flexibility index (Phi) is 5.46. The monoisotopic (exact) mass is 334 g/mol. The minimum atomic E-state index is -4.02. The second kappa shape index (κ2) is 7.16. The highest BCUT2D eigenvalue weighted by molar-refractivity contribution is 5.96. The fraction of sp³-hybridized carbons (Fsp3) is 0.533. The molecule has 0 spiro atoms. The SMILES string of the molecule is COc1ccccc1N1CCN(CCC(F)(F)C(F)F)CC1=O. The van der Waals surface area contributed by atoms with Gasteiger partial charge in [-0.25, -0.2) is 17.6 Å². The molecule has 1 aliphatic rings. The third-order valence-corrected chi connectivity index (χ3v) is 3.76. The van der Waals surface area contributed by atoms with E-state index in [9.17, 15) is 22.4 Å². The van der Waals surface area contributed by atoms with Crippen LogP contribution in [-0.2, 0) is 4.79 Å². The Labute approximate surface area is 131 Å². The van der Waals surface area contributed by atoms with Crippen molar-refractivity contribution in [3.8, 4) is 5.75 Å². The molecule has 0 atom stereocenters. The van der Waals surface area contributed by atoms with Crippen LogP contribution in [-0.4, -0.2) is 56.4 Å². The molecule has 1 aliphatic heterocycles. The van der Waals surface area contributed by atoms with Crippen LogP contribution in [0, 0.1) is 0 Å². The zero-order valence-corrected chi connectivity index (χ0v) is 12.6. The van der Waals surface area contributed by atoms with E-state index in [-0.39, 0.29) is 19.0 Å². The molecule has 0 bridgehead atoms. The number of para-hydroxylation sites is 2. The fourth-order valence-electron chi connectivity index (χ4n) is 2.44. The van der Waals surface area contributed by atoms with Crippen LogP contribution in [0.1, 0.15) is 6.42 Å². The summed E-state index contributed by atoms with van der Waals surface area (Å²) < 4.78 is 55.4. The number of carbonyl (C=O) groups is 1. The summed E-state index contributed by atoms with van der Waals surface area (Å²) in [5, 5.41) is 0. The highest BCUT2D eigenvalue weighted by Crippen LogP contribution is 2.30. The topological polar surface area (TPSA) is 32.8 Å². The van der Waals surface area contributed by atoms with Crippen molar-refractivity contribution in [1.29, 1.82) is 0 Å². The van der Waals surface area contributed by atoms with Gasteiger partial charge in [-0.1, -0.05) is 12.1 Å². The van der Waals surface area contributed by atoms with Crippen LogP contribution in [0.15, 0.2) is 24.3 Å². The standard InChI is InChI=1S/C15H18F4N2O2/c1-23-12-5-3-2-4-11(12)21-9-8-20(10-13(21)22)7-6-15(18,19)14(16)17/h2-5,14H,6-10H2,1H3. The first-order chi connectivity index (χ1) is 10.8. The Morgan fingerprint density at radius 1 is 1.26 bits per heavy atom. The highest BCUT2D eigenvalue weighted by atomic mass is 19.3. The summed E-state index contributed by atoms with van der Waals surface area (Å²) >= 11 is 0. The third-order valence-electron chi connectivity index (χ3n) is 3.76. The van der Waals surface area contributed by atoms with Crippen molar-refractivity contribution in [3.05, 3.63) is 24.3 Å². The molecule has 1 aromatic rings. The van der Waals surface area contributed by atoms with E-state index in [4.69, 9.17) is 4.74 Å². The van der Waals surface area contributed by atoms with E-state index in [0.29, 0.717) is 24.5 Å². The molecule has 2 rings (SSSR count). The van der Waals surface area contributed by atoms with E-state index < -0.39 is 18.8 Å². The van der Waals surface area contributed by atoms with Gasteiger partial charge in [-0.05, 0) is 12.1 Å². The molecule has 0 N–H and O–H groups in total. The number of halogens is 4. The first-order valence-electron chi connectivity index (χ1n) is 7.17. The third kappa shape index (κ3) is 4.13. The maximum Gasteiger partial charge on any atom is 0.308 e. The fourth-order valence-corrected chi connectivity index (χ4v) is 2.44. The average molecular weight is 334 g/mol. The number of amides is 1. The van der Waals surface area contributed by atoms with E-state index >= 15 is 0 Å². The van der Waals surface area contributed by atoms with Gasteiger partial charge in [0.1, 0.15) is 5.75 Å². The zero-order valence-electron chi connectivity index (χ0n) is 12.6. The lowest BCUT2D eigenvalue weighted by Crippen LogP contribution is -2.51. The molecular formula is C15H18F4N2O2. The maximum atomic E-state index is 13.0. The first-order valence-corrected chi connectivity index (χ1v) is 7.17. The molecule has 0 aliphatic carbocycles. The zero-order chi connectivity index (χ0) is 17.0. The van der Waals surface area contributed by atoms with Gasteiger partial charge in [0.25, 0.3) is 0 Å². The highest BCUT2D eigenvalue weighted by Gasteiger charge is 2.41. The molecule has 1 aromatic carbocycles. The van der Waals surface area contributed by atoms with Crippen LogP contribution in [0.25, 0.3) is 0 Å². The van der Waals surface area contributed by atoms with E-state index in [2.05, 4.69) is 0 Å². The van der Waals surface area contributed by atoms with Crippen LogP contribution in [0.3, 0.4) is 0 Å². The molecule has 1 heterocycles. The van der Waals surface area contributed by atoms with Crippen LogP contribution in [0.5, 0.6) is 5.75 Å². The number of hydrogen-bond acceptors (Lipinski definition) is 3. The molecule has 128 valence electrons. The van der Waals surface area contributed by atoms with Crippen molar-refractivity contribution >= 4 is 11.6 Å². The van der Waals surface area contributed by atoms with Gasteiger partial charge in [-0.2, -0.15) is 0 Å². The average Bonchev–Trinajstić information content (AvgIpc) is 2.53. The van der Waals surface area contributed by atoms with Crippen LogP contribution >= 0.6 is 0 Å². The van der Waals surface area contributed by atoms with Gasteiger partial charge in [-0.15, -0.1) is 0 Å². The molecule has 0 aromatic heterocycles. The second-order valence-corrected chi connectivity index (χ2v) is 5.31. The molecular weight excluding hydrogens is 316 g/mol. The largest absolute Gasteiger partial charge is 0.495 e. The van der Waals surface area contributed by atoms with Crippen molar-refractivity contribution < 1.29 is 27.1 Å². The van der Waals surface area contributed by atoms with Crippen LogP contribution < -0.4 is 9.64 Å². The lowest BCUT2D eigenvalue weighted by atomic mass is 10.2. The lowest BCUT2D eigenvalue weighted by Gasteiger charge is -2.35. The normalized spacial score (nSPS) is 17.0. The molecule has 0 radical (unpaired) electrons. The van der Waals surface area contributed by atoms with E-state index in [1.165, 1.54) is 16.9 Å². The number of rotatable bonds is 6. The Hall–Kier alpha value is -1.83. The number of carbonyl (C=O) groups excluding carboxylic acids is 1. The summed E-state index contributed by atoms with van der Waals surface area (Å²) in [6.07, 6.45) is -4.65. The smallest absolute Gasteiger partial charge is 0.308 e. The van der Waals surface area contributed by atoms with Crippen LogP contribution in [0.2, 0.25) is 0 Å². The second-order valence-electron chi connectivity index (χ2n) is 5.31. The first kappa shape index (κ1) is 17.5. The summed E-state index contributed by atoms with van der Waals surface area (Å²) in [6.45, 7) is 0.294. The summed E-state index contributed by atoms with van der Waals surface area (Å²) in [6, 6.07) is 6.99. The van der Waals surface area contributed by atoms with Crippen molar-refractivity contribution in [2.75, 3.05) is 38.2 Å². The Morgan fingerprint density at radius 2 is 1.96 bits per heavy atom. The molecule has 8 heteroatoms. The van der Waals surface area contributed by atoms with Gasteiger partial charge in [-0.3, -0.25) is 9.69 Å². The van der Waals surface area contributed by atoms with E-state index in [1.807, 2.05) is 0 Å². The van der Waals surface area contributed by atoms with Gasteiger partial charge >= 0.3 is 12.3 Å². The number of alkyl halides is 4. The molecule has 1 amide bonds. The Morgan fingerprint density at radius 3 is 2.57 bits per heavy atom. The number of piperazine rings is 1. The van der Waals surface area contributed by atoms with Gasteiger partial charge < -0.3 is 9.64 Å². The minimum Gasteiger partial charge on any atom is -0.495 e. The van der Waals surface area contributed by atoms with Gasteiger partial charge in [0.2, 0.25) is 5.91 Å². The van der Waals surface area contributed by atoms with Crippen molar-refractivity contribution in [1.82, 2.24) is 4.90 Å². The Bertz CT molecular complexity index is 554. The van der Waals surface area contributed by atoms with Gasteiger partial charge in [0.15, 0.2) is 0 Å². The molecule has 23 heavy (non-hydrogen) atoms. The van der Waals surface area contributed by atoms with Crippen molar-refractivity contribution in [2.24, 2.45) is 0 Å². The molecule has 0 unspecified atom stereocenters. The van der Waals surface area contributed by atoms with Gasteiger partial charge in [0, 0.05) is 26.1 Å². The number of benzene rings is 1. The molecule has 1 fully saturated rings. The number of ether oxygens (including phenoxy) is 1. The summed E-state index contributed by atoms with van der Waals surface area (Å²) in [4.78, 5) is 15.2. The molecule has 4 nitrogen and oxygen atoms in total. The quantitative estimate of drug-likeness (QED) is 0.750. The molecule has 0 saturated carbocycles. The number of nitrogens with zero attached hydrogens (tertiary/aromatic N) is 2. The predicted molar refractivity (Wildman–Crippen MR) is 77.4 cm³/mol. The summed E-state index contributed by atoms with van der Waals surface area (Å²) in [7, 11) is 1.49. The number of hydrogen-bond donors (Lipinski definition) is 0. The lowest BCUT2D eigenvalue weighted by molar-refractivity contribution is -0.137. The summed E-state index contributed by atoms with van der Waals surface area (Å²) in [5.74, 6) is -3.76. The van der Waals surface area contributed by atoms with Gasteiger partial charge in [0.05, 0.1) is 19.3 Å². The number of methoxy groups -OCH3 is 1. The van der Waals surface area contributed by atoms with Crippen LogP contribution in [0.4, 0.5) is 23.2 Å². The van der Waals surface area contributed by atoms with Crippen molar-refractivity contribution in [3.63, 3.8) is 0 Å². The number of anilines is 1.